The Morgan fingerprint density at radius 3 is 1.84 bits per heavy atom. The van der Waals surface area contributed by atoms with Gasteiger partial charge in [-0.1, -0.05) is 25.2 Å². The first-order valence-corrected chi connectivity index (χ1v) is 6.39. The summed E-state index contributed by atoms with van der Waals surface area (Å²) in [5.74, 6) is -1.03. The highest BCUT2D eigenvalue weighted by Gasteiger charge is 2.07. The number of carbonyl (C=O) groups excluding carboxylic acids is 1. The van der Waals surface area contributed by atoms with E-state index in [0.717, 1.165) is 0 Å². The number of aromatic nitrogens is 2. The smallest absolute Gasteiger partial charge is 0.274 e. The molecule has 2 aromatic rings. The molecule has 7 heteroatoms. The van der Waals surface area contributed by atoms with E-state index in [4.69, 9.17) is 0 Å². The van der Waals surface area contributed by atoms with E-state index in [0.29, 0.717) is 18.6 Å². The highest BCUT2D eigenvalue weighted by Crippen LogP contribution is 2.12. The van der Waals surface area contributed by atoms with Gasteiger partial charge in [0.05, 0.1) is 0 Å². The minimum Gasteiger partial charge on any atom is -0.368 e. The predicted molar refractivity (Wildman–Crippen MR) is 68.4 cm³/mol. The van der Waals surface area contributed by atoms with E-state index >= 15 is 0 Å². The van der Waals surface area contributed by atoms with Gasteiger partial charge in [0.15, 0.2) is 0 Å². The van der Waals surface area contributed by atoms with Crippen LogP contribution >= 0.6 is 11.3 Å². The lowest BCUT2D eigenvalue weighted by molar-refractivity contribution is -0.118. The number of halogens is 3. The topological polar surface area (TPSA) is 45.8 Å². The van der Waals surface area contributed by atoms with Crippen molar-refractivity contribution in [3.05, 3.63) is 40.9 Å². The standard InChI is InChI=1S/C5H10O.C4H5N.C3F3NS/c1-3-5(6)4-2;1-2-4-5-3-1;4-1-2(5)8-3(6)7-1/h3-4H2,1-2H3;1-5H;. The number of aromatic amines is 1. The molecule has 3 nitrogen and oxygen atoms in total. The molecule has 0 saturated heterocycles. The van der Waals surface area contributed by atoms with Crippen LogP contribution in [0.3, 0.4) is 0 Å². The molecule has 0 bridgehead atoms. The zero-order valence-electron chi connectivity index (χ0n) is 10.6. The third kappa shape index (κ3) is 9.01. The maximum Gasteiger partial charge on any atom is 0.274 e. The fraction of sp³-hybridized carbons (Fsp3) is 0.333. The van der Waals surface area contributed by atoms with Crippen LogP contribution in [0.4, 0.5) is 13.2 Å². The number of carbonyl (C=O) groups is 1. The zero-order chi connectivity index (χ0) is 14.7. The molecular weight excluding hydrogens is 277 g/mol. The van der Waals surface area contributed by atoms with Crippen LogP contribution in [0.1, 0.15) is 26.7 Å². The second kappa shape index (κ2) is 10.3. The maximum atomic E-state index is 11.7. The predicted octanol–water partition coefficient (Wildman–Crippen LogP) is 3.95. The third-order valence-corrected chi connectivity index (χ3v) is 2.41. The van der Waals surface area contributed by atoms with Gasteiger partial charge in [-0.15, -0.1) is 0 Å². The lowest BCUT2D eigenvalue weighted by Gasteiger charge is -1.81. The van der Waals surface area contributed by atoms with Crippen LogP contribution in [-0.2, 0) is 4.79 Å². The average molecular weight is 292 g/mol. The molecule has 0 saturated carbocycles. The molecule has 0 atom stereocenters. The van der Waals surface area contributed by atoms with E-state index in [2.05, 4.69) is 9.97 Å². The van der Waals surface area contributed by atoms with Crippen LogP contribution in [0.15, 0.2) is 24.5 Å². The Labute approximate surface area is 113 Å². The molecule has 1 N–H and O–H groups in total. The van der Waals surface area contributed by atoms with Crippen molar-refractivity contribution in [3.8, 4) is 0 Å². The monoisotopic (exact) mass is 292 g/mol. The summed E-state index contributed by atoms with van der Waals surface area (Å²) in [6.45, 7) is 3.76. The van der Waals surface area contributed by atoms with Crippen molar-refractivity contribution < 1.29 is 18.0 Å². The van der Waals surface area contributed by atoms with Gasteiger partial charge in [0, 0.05) is 25.2 Å². The molecule has 2 aromatic heterocycles. The number of ketones is 1. The summed E-state index contributed by atoms with van der Waals surface area (Å²) in [7, 11) is 0. The fourth-order valence-corrected chi connectivity index (χ4v) is 1.19. The van der Waals surface area contributed by atoms with Crippen LogP contribution < -0.4 is 0 Å². The summed E-state index contributed by atoms with van der Waals surface area (Å²) in [6.07, 6.45) is 5.13. The number of nitrogens with zero attached hydrogens (tertiary/aromatic N) is 1. The van der Waals surface area contributed by atoms with Gasteiger partial charge < -0.3 is 4.98 Å². The summed E-state index contributed by atoms with van der Waals surface area (Å²) >= 11 is 0.0498. The summed E-state index contributed by atoms with van der Waals surface area (Å²) < 4.78 is 34.9. The molecule has 2 heterocycles. The lowest BCUT2D eigenvalue weighted by atomic mass is 10.3. The van der Waals surface area contributed by atoms with E-state index in [1.165, 1.54) is 0 Å². The van der Waals surface area contributed by atoms with Crippen LogP contribution in [0.25, 0.3) is 0 Å². The molecule has 0 unspecified atom stereocenters. The largest absolute Gasteiger partial charge is 0.368 e. The second-order valence-electron chi connectivity index (χ2n) is 3.16. The van der Waals surface area contributed by atoms with Crippen LogP contribution in [0.5, 0.6) is 0 Å². The molecule has 0 radical (unpaired) electrons. The molecule has 2 rings (SSSR count). The molecular formula is C12H15F3N2OS. The summed E-state index contributed by atoms with van der Waals surface area (Å²) in [6, 6.07) is 3.89. The average Bonchev–Trinajstić information content (AvgIpc) is 3.04. The first-order chi connectivity index (χ1) is 9.01. The highest BCUT2D eigenvalue weighted by molar-refractivity contribution is 7.08. The minimum atomic E-state index is -1.37. The van der Waals surface area contributed by atoms with Gasteiger partial charge in [0.25, 0.3) is 11.2 Å². The number of Topliss-reactive ketones (excluding diaryl/α,β-unsaturated/α-hetero) is 1. The molecule has 19 heavy (non-hydrogen) atoms. The second-order valence-corrected chi connectivity index (χ2v) is 4.06. The van der Waals surface area contributed by atoms with Crippen molar-refractivity contribution >= 4 is 17.1 Å². The number of hydrogen-bond donors (Lipinski definition) is 1. The number of hydrogen-bond acceptors (Lipinski definition) is 3. The SMILES string of the molecule is CCC(=O)CC.Fc1nc(F)c(F)s1.c1cc[nH]c1. The summed E-state index contributed by atoms with van der Waals surface area (Å²) in [5, 5.41) is -2.29. The van der Waals surface area contributed by atoms with Crippen molar-refractivity contribution in [2.24, 2.45) is 0 Å². The van der Waals surface area contributed by atoms with Gasteiger partial charge in [0.2, 0.25) is 5.13 Å². The van der Waals surface area contributed by atoms with Crippen LogP contribution in [-0.4, -0.2) is 15.8 Å². The molecule has 0 aliphatic heterocycles. The van der Waals surface area contributed by atoms with Crippen LogP contribution in [0.2, 0.25) is 0 Å². The number of nitrogens with one attached hydrogen (secondary N) is 1. The quantitative estimate of drug-likeness (QED) is 0.911. The third-order valence-electron chi connectivity index (χ3n) is 1.81. The van der Waals surface area contributed by atoms with Gasteiger partial charge in [-0.2, -0.15) is 18.2 Å². The Bertz CT molecular complexity index is 415. The van der Waals surface area contributed by atoms with Gasteiger partial charge in [0.1, 0.15) is 5.78 Å². The summed E-state index contributed by atoms with van der Waals surface area (Å²) in [4.78, 5) is 15.6. The van der Waals surface area contributed by atoms with E-state index in [9.17, 15) is 18.0 Å². The Kier molecular flexibility index (Phi) is 9.42. The van der Waals surface area contributed by atoms with Crippen molar-refractivity contribution in [2.75, 3.05) is 0 Å². The van der Waals surface area contributed by atoms with Crippen molar-refractivity contribution in [1.82, 2.24) is 9.97 Å². The first-order valence-electron chi connectivity index (χ1n) is 5.58. The molecule has 0 amide bonds. The Morgan fingerprint density at radius 2 is 1.74 bits per heavy atom. The van der Waals surface area contributed by atoms with Crippen molar-refractivity contribution in [1.29, 1.82) is 0 Å². The molecule has 0 aromatic carbocycles. The van der Waals surface area contributed by atoms with Crippen LogP contribution in [0, 0.1) is 16.3 Å². The number of thiazole rings is 1. The molecule has 0 aliphatic rings. The Morgan fingerprint density at radius 1 is 1.21 bits per heavy atom. The van der Waals surface area contributed by atoms with E-state index in [1.54, 1.807) is 0 Å². The van der Waals surface area contributed by atoms with Gasteiger partial charge in [-0.05, 0) is 12.1 Å². The van der Waals surface area contributed by atoms with Crippen molar-refractivity contribution in [2.45, 2.75) is 26.7 Å². The van der Waals surface area contributed by atoms with Gasteiger partial charge >= 0.3 is 0 Å². The first kappa shape index (κ1) is 17.4. The Hall–Kier alpha value is -1.63. The highest BCUT2D eigenvalue weighted by atomic mass is 32.1. The minimum absolute atomic E-state index is 0.0498. The Balaban J connectivity index is 0.000000264. The van der Waals surface area contributed by atoms with Gasteiger partial charge in [-0.3, -0.25) is 4.79 Å². The molecule has 0 spiro atoms. The molecule has 0 fully saturated rings. The van der Waals surface area contributed by atoms with E-state index in [1.807, 2.05) is 38.4 Å². The zero-order valence-corrected chi connectivity index (χ0v) is 11.4. The summed E-state index contributed by atoms with van der Waals surface area (Å²) in [5.41, 5.74) is 0. The van der Waals surface area contributed by atoms with Crippen molar-refractivity contribution in [3.63, 3.8) is 0 Å². The lowest BCUT2D eigenvalue weighted by Crippen LogP contribution is -1.88. The van der Waals surface area contributed by atoms with Gasteiger partial charge in [-0.25, -0.2) is 0 Å². The fourth-order valence-electron chi connectivity index (χ4n) is 0.788. The molecule has 106 valence electrons. The molecule has 0 aliphatic carbocycles. The van der Waals surface area contributed by atoms with E-state index in [-0.39, 0.29) is 11.3 Å². The normalized spacial score (nSPS) is 8.89. The maximum absolute atomic E-state index is 11.7. The van der Waals surface area contributed by atoms with E-state index < -0.39 is 16.3 Å². The number of H-pyrrole nitrogens is 1. The number of rotatable bonds is 2.